The molecule has 0 spiro atoms. The maximum Gasteiger partial charge on any atom is 0.152 e. The Morgan fingerprint density at radius 2 is 1.79 bits per heavy atom. The molecular formula is C9H21NO4. The Balaban J connectivity index is 3.66. The molecule has 5 heteroatoms. The van der Waals surface area contributed by atoms with Gasteiger partial charge in [-0.2, -0.15) is 0 Å². The van der Waals surface area contributed by atoms with Gasteiger partial charge in [0, 0.05) is 13.7 Å². The topological polar surface area (TPSA) is 71.0 Å². The van der Waals surface area contributed by atoms with Gasteiger partial charge in [-0.3, -0.25) is 5.32 Å². The highest BCUT2D eigenvalue weighted by molar-refractivity contribution is 4.64. The number of hydrogen-bond donors (Lipinski definition) is 3. The summed E-state index contributed by atoms with van der Waals surface area (Å²) < 4.78 is 9.98. The minimum absolute atomic E-state index is 0.0309. The monoisotopic (exact) mass is 207 g/mol. The summed E-state index contributed by atoms with van der Waals surface area (Å²) in [6, 6.07) is 0. The molecule has 0 saturated heterocycles. The van der Waals surface area contributed by atoms with Gasteiger partial charge in [-0.05, 0) is 20.8 Å². The first-order valence-corrected chi connectivity index (χ1v) is 4.75. The zero-order chi connectivity index (χ0) is 11.1. The molecule has 0 aliphatic carbocycles. The number of methoxy groups -OCH3 is 1. The smallest absolute Gasteiger partial charge is 0.152 e. The van der Waals surface area contributed by atoms with Gasteiger partial charge in [0.15, 0.2) is 6.29 Å². The average Bonchev–Trinajstić information content (AvgIpc) is 2.12. The number of ether oxygens (including phenoxy) is 2. The Morgan fingerprint density at radius 1 is 1.21 bits per heavy atom. The van der Waals surface area contributed by atoms with E-state index in [9.17, 15) is 5.11 Å². The van der Waals surface area contributed by atoms with Gasteiger partial charge in [-0.25, -0.2) is 0 Å². The van der Waals surface area contributed by atoms with Crippen LogP contribution < -0.4 is 5.32 Å². The highest BCUT2D eigenvalue weighted by Crippen LogP contribution is 1.99. The fraction of sp³-hybridized carbons (Fsp3) is 1.00. The van der Waals surface area contributed by atoms with Gasteiger partial charge in [0.25, 0.3) is 0 Å². The van der Waals surface area contributed by atoms with Crippen LogP contribution in [0.1, 0.15) is 20.8 Å². The molecule has 0 rings (SSSR count). The normalized spacial score (nSPS) is 20.1. The van der Waals surface area contributed by atoms with Crippen LogP contribution in [-0.4, -0.2) is 48.6 Å². The molecule has 0 aliphatic heterocycles. The first-order valence-electron chi connectivity index (χ1n) is 4.75. The largest absolute Gasteiger partial charge is 0.380 e. The lowest BCUT2D eigenvalue weighted by molar-refractivity contribution is -0.154. The van der Waals surface area contributed by atoms with Crippen molar-refractivity contribution in [3.05, 3.63) is 0 Å². The third kappa shape index (κ3) is 6.28. The highest BCUT2D eigenvalue weighted by Gasteiger charge is 2.16. The second kappa shape index (κ2) is 7.14. The number of nitrogens with one attached hydrogen (secondary N) is 1. The van der Waals surface area contributed by atoms with Crippen molar-refractivity contribution in [1.29, 1.82) is 0 Å². The van der Waals surface area contributed by atoms with Crippen molar-refractivity contribution in [2.24, 2.45) is 0 Å². The van der Waals surface area contributed by atoms with Gasteiger partial charge < -0.3 is 19.7 Å². The Bertz CT molecular complexity index is 143. The second-order valence-electron chi connectivity index (χ2n) is 3.34. The van der Waals surface area contributed by atoms with E-state index in [0.29, 0.717) is 6.54 Å². The van der Waals surface area contributed by atoms with E-state index >= 15 is 0 Å². The van der Waals surface area contributed by atoms with Crippen molar-refractivity contribution in [3.63, 3.8) is 0 Å². The maximum absolute atomic E-state index is 9.51. The number of rotatable bonds is 7. The molecule has 4 atom stereocenters. The molecule has 0 aliphatic rings. The number of aliphatic hydroxyl groups is 2. The van der Waals surface area contributed by atoms with Crippen molar-refractivity contribution in [1.82, 2.24) is 5.32 Å². The van der Waals surface area contributed by atoms with Crippen LogP contribution in [0, 0.1) is 0 Å². The van der Waals surface area contributed by atoms with E-state index in [0.717, 1.165) is 0 Å². The molecule has 86 valence electrons. The molecule has 0 bridgehead atoms. The molecule has 0 aromatic heterocycles. The number of hydrogen-bond acceptors (Lipinski definition) is 5. The van der Waals surface area contributed by atoms with Gasteiger partial charge in [0.2, 0.25) is 0 Å². The minimum atomic E-state index is -0.874. The van der Waals surface area contributed by atoms with Crippen molar-refractivity contribution in [2.45, 2.75) is 45.5 Å². The highest BCUT2D eigenvalue weighted by atomic mass is 16.6. The predicted octanol–water partition coefficient (Wildman–Crippen LogP) is -0.327. The van der Waals surface area contributed by atoms with Crippen LogP contribution >= 0.6 is 0 Å². The lowest BCUT2D eigenvalue weighted by Gasteiger charge is -2.23. The minimum Gasteiger partial charge on any atom is -0.380 e. The zero-order valence-electron chi connectivity index (χ0n) is 9.23. The van der Waals surface area contributed by atoms with Crippen molar-refractivity contribution in [2.75, 3.05) is 13.7 Å². The van der Waals surface area contributed by atoms with Crippen LogP contribution in [-0.2, 0) is 9.47 Å². The molecule has 0 fully saturated rings. The molecule has 0 amide bonds. The molecule has 4 unspecified atom stereocenters. The van der Waals surface area contributed by atoms with E-state index in [1.54, 1.807) is 14.0 Å². The van der Waals surface area contributed by atoms with Crippen LogP contribution in [0.5, 0.6) is 0 Å². The van der Waals surface area contributed by atoms with E-state index in [1.165, 1.54) is 6.92 Å². The quantitative estimate of drug-likeness (QED) is 0.499. The summed E-state index contributed by atoms with van der Waals surface area (Å²) in [5.74, 6) is 0. The van der Waals surface area contributed by atoms with Crippen LogP contribution in [0.25, 0.3) is 0 Å². The van der Waals surface area contributed by atoms with E-state index in [-0.39, 0.29) is 6.10 Å². The Kier molecular flexibility index (Phi) is 7.04. The van der Waals surface area contributed by atoms with Gasteiger partial charge in [-0.15, -0.1) is 0 Å². The second-order valence-corrected chi connectivity index (χ2v) is 3.34. The lowest BCUT2D eigenvalue weighted by atomic mass is 10.3. The fourth-order valence-electron chi connectivity index (χ4n) is 0.921. The van der Waals surface area contributed by atoms with Gasteiger partial charge >= 0.3 is 0 Å². The summed E-state index contributed by atoms with van der Waals surface area (Å²) >= 11 is 0. The van der Waals surface area contributed by atoms with Gasteiger partial charge in [0.1, 0.15) is 6.23 Å². The molecule has 0 heterocycles. The molecule has 0 aromatic rings. The molecule has 14 heavy (non-hydrogen) atoms. The van der Waals surface area contributed by atoms with Crippen LogP contribution in [0.2, 0.25) is 0 Å². The van der Waals surface area contributed by atoms with Crippen molar-refractivity contribution in [3.8, 4) is 0 Å². The molecule has 0 aromatic carbocycles. The summed E-state index contributed by atoms with van der Waals surface area (Å²) in [7, 11) is 1.61. The fourth-order valence-corrected chi connectivity index (χ4v) is 0.921. The van der Waals surface area contributed by atoms with Crippen molar-refractivity contribution >= 4 is 0 Å². The average molecular weight is 207 g/mol. The summed E-state index contributed by atoms with van der Waals surface area (Å²) in [6.07, 6.45) is -2.11. The van der Waals surface area contributed by atoms with Crippen LogP contribution in [0.3, 0.4) is 0 Å². The third-order valence-electron chi connectivity index (χ3n) is 1.87. The van der Waals surface area contributed by atoms with E-state index < -0.39 is 18.6 Å². The maximum atomic E-state index is 9.51. The Hall–Kier alpha value is -0.200. The van der Waals surface area contributed by atoms with Gasteiger partial charge in [-0.1, -0.05) is 0 Å². The zero-order valence-corrected chi connectivity index (χ0v) is 9.23. The SMILES string of the molecule is COC(C)CNC(O)C(C)OC(C)O. The molecule has 0 radical (unpaired) electrons. The van der Waals surface area contributed by atoms with Gasteiger partial charge in [0.05, 0.1) is 12.2 Å². The first-order chi connectivity index (χ1) is 6.47. The molecule has 5 nitrogen and oxygen atoms in total. The van der Waals surface area contributed by atoms with E-state index in [2.05, 4.69) is 5.32 Å². The third-order valence-corrected chi connectivity index (χ3v) is 1.87. The lowest BCUT2D eigenvalue weighted by Crippen LogP contribution is -2.43. The summed E-state index contributed by atoms with van der Waals surface area (Å²) in [5, 5.41) is 21.3. The van der Waals surface area contributed by atoms with E-state index in [4.69, 9.17) is 14.6 Å². The predicted molar refractivity (Wildman–Crippen MR) is 52.7 cm³/mol. The van der Waals surface area contributed by atoms with Crippen LogP contribution in [0.4, 0.5) is 0 Å². The summed E-state index contributed by atoms with van der Waals surface area (Å²) in [5.41, 5.74) is 0. The summed E-state index contributed by atoms with van der Waals surface area (Å²) in [6.45, 7) is 5.61. The molecule has 3 N–H and O–H groups in total. The van der Waals surface area contributed by atoms with E-state index in [1.807, 2.05) is 6.92 Å². The Morgan fingerprint density at radius 3 is 2.21 bits per heavy atom. The van der Waals surface area contributed by atoms with Crippen LogP contribution in [0.15, 0.2) is 0 Å². The number of aliphatic hydroxyl groups excluding tert-OH is 2. The first kappa shape index (κ1) is 13.8. The standard InChI is InChI=1S/C9H21NO4/c1-6(13-4)5-10-9(12)7(2)14-8(3)11/h6-12H,5H2,1-4H3. The Labute approximate surface area is 85.0 Å². The molecular weight excluding hydrogens is 186 g/mol. The summed E-state index contributed by atoms with van der Waals surface area (Å²) in [4.78, 5) is 0. The molecule has 0 saturated carbocycles. The van der Waals surface area contributed by atoms with Crippen molar-refractivity contribution < 1.29 is 19.7 Å².